The van der Waals surface area contributed by atoms with Crippen LogP contribution in [0.15, 0.2) is 22.2 Å². The Hall–Kier alpha value is -0.0200. The molecule has 2 nitrogen and oxygen atoms in total. The Kier molecular flexibility index (Phi) is 2.36. The highest BCUT2D eigenvalue weighted by atomic mass is 35.5. The average molecular weight is 181 g/mol. The molecule has 0 saturated heterocycles. The molecule has 0 unspecified atom stereocenters. The van der Waals surface area contributed by atoms with Crippen LogP contribution in [0.4, 0.5) is 0 Å². The predicted octanol–water partition coefficient (Wildman–Crippen LogP) is 0.967. The molecule has 0 amide bonds. The van der Waals surface area contributed by atoms with Crippen molar-refractivity contribution in [2.75, 3.05) is 0 Å². The van der Waals surface area contributed by atoms with Crippen molar-refractivity contribution in [3.8, 4) is 0 Å². The lowest BCUT2D eigenvalue weighted by atomic mass is 10.1. The number of hydrogen-bond donors (Lipinski definition) is 2. The van der Waals surface area contributed by atoms with E-state index in [1.165, 1.54) is 12.2 Å². The van der Waals surface area contributed by atoms with Crippen LogP contribution in [0, 0.1) is 0 Å². The Morgan fingerprint density at radius 3 is 1.60 bits per heavy atom. The van der Waals surface area contributed by atoms with Gasteiger partial charge in [0.15, 0.2) is 0 Å². The molecule has 0 aliphatic heterocycles. The van der Waals surface area contributed by atoms with Crippen molar-refractivity contribution in [2.24, 2.45) is 0 Å². The minimum Gasteiger partial charge on any atom is -0.383 e. The molecule has 1 aliphatic carbocycles. The van der Waals surface area contributed by atoms with Crippen LogP contribution >= 0.6 is 23.2 Å². The van der Waals surface area contributed by atoms with Gasteiger partial charge in [0.2, 0.25) is 0 Å². The third kappa shape index (κ3) is 1.52. The monoisotopic (exact) mass is 180 g/mol. The quantitative estimate of drug-likeness (QED) is 0.584. The third-order valence-electron chi connectivity index (χ3n) is 1.20. The zero-order chi connectivity index (χ0) is 7.72. The number of halogens is 2. The first-order chi connectivity index (χ1) is 4.61. The summed E-state index contributed by atoms with van der Waals surface area (Å²) in [5.74, 6) is 0. The lowest BCUT2D eigenvalue weighted by Crippen LogP contribution is -2.15. The second-order valence-electron chi connectivity index (χ2n) is 1.99. The number of hydrogen-bond acceptors (Lipinski definition) is 2. The first-order valence-corrected chi connectivity index (χ1v) is 3.47. The topological polar surface area (TPSA) is 40.5 Å². The van der Waals surface area contributed by atoms with Crippen LogP contribution in [-0.2, 0) is 0 Å². The van der Waals surface area contributed by atoms with E-state index >= 15 is 0 Å². The van der Waals surface area contributed by atoms with E-state index in [4.69, 9.17) is 33.4 Å². The lowest BCUT2D eigenvalue weighted by Gasteiger charge is -2.14. The first-order valence-electron chi connectivity index (χ1n) is 2.72. The summed E-state index contributed by atoms with van der Waals surface area (Å²) in [7, 11) is 0. The number of rotatable bonds is 0. The van der Waals surface area contributed by atoms with Gasteiger partial charge in [0.1, 0.15) is 12.2 Å². The minimum absolute atomic E-state index is 0.205. The van der Waals surface area contributed by atoms with Gasteiger partial charge in [0.25, 0.3) is 0 Å². The summed E-state index contributed by atoms with van der Waals surface area (Å²) < 4.78 is 0. The zero-order valence-corrected chi connectivity index (χ0v) is 6.47. The highest BCUT2D eigenvalue weighted by molar-refractivity contribution is 6.33. The maximum atomic E-state index is 8.99. The van der Waals surface area contributed by atoms with Gasteiger partial charge in [-0.05, 0) is 12.2 Å². The molecule has 4 heteroatoms. The van der Waals surface area contributed by atoms with Gasteiger partial charge in [-0.25, -0.2) is 0 Å². The highest BCUT2D eigenvalue weighted by Gasteiger charge is 2.17. The molecule has 1 rings (SSSR count). The summed E-state index contributed by atoms with van der Waals surface area (Å²) in [5, 5.41) is 18.4. The Morgan fingerprint density at radius 2 is 1.30 bits per heavy atom. The van der Waals surface area contributed by atoms with Gasteiger partial charge in [0.05, 0.1) is 0 Å². The predicted molar refractivity (Wildman–Crippen MR) is 39.9 cm³/mol. The second kappa shape index (κ2) is 2.93. The van der Waals surface area contributed by atoms with Crippen LogP contribution < -0.4 is 0 Å². The SMILES string of the molecule is O[C@H]1C=C(Cl)[C@@H](O)C=C1Cl. The van der Waals surface area contributed by atoms with Crippen LogP contribution in [0.1, 0.15) is 0 Å². The van der Waals surface area contributed by atoms with Crippen LogP contribution in [-0.4, -0.2) is 22.4 Å². The zero-order valence-electron chi connectivity index (χ0n) is 4.96. The van der Waals surface area contributed by atoms with E-state index in [1.54, 1.807) is 0 Å². The van der Waals surface area contributed by atoms with Gasteiger partial charge in [-0.3, -0.25) is 0 Å². The van der Waals surface area contributed by atoms with Crippen molar-refractivity contribution < 1.29 is 10.2 Å². The highest BCUT2D eigenvalue weighted by Crippen LogP contribution is 2.23. The summed E-state index contributed by atoms with van der Waals surface area (Å²) in [5.41, 5.74) is 0. The van der Waals surface area contributed by atoms with E-state index in [0.29, 0.717) is 0 Å². The van der Waals surface area contributed by atoms with Gasteiger partial charge in [-0.2, -0.15) is 0 Å². The van der Waals surface area contributed by atoms with Crippen molar-refractivity contribution in [2.45, 2.75) is 12.2 Å². The van der Waals surface area contributed by atoms with E-state index in [1.807, 2.05) is 0 Å². The smallest absolute Gasteiger partial charge is 0.109 e. The maximum absolute atomic E-state index is 8.99. The fourth-order valence-electron chi connectivity index (χ4n) is 0.658. The van der Waals surface area contributed by atoms with E-state index < -0.39 is 12.2 Å². The van der Waals surface area contributed by atoms with Gasteiger partial charge < -0.3 is 10.2 Å². The summed E-state index contributed by atoms with van der Waals surface area (Å²) in [6.45, 7) is 0. The van der Waals surface area contributed by atoms with Crippen molar-refractivity contribution in [3.05, 3.63) is 22.2 Å². The molecular weight excluding hydrogens is 175 g/mol. The standard InChI is InChI=1S/C6H6Cl2O2/c7-3-1-5(9)4(8)2-6(3)10/h1-2,5-6,9-10H/t5-,6-/m0/s1. The molecule has 0 heterocycles. The van der Waals surface area contributed by atoms with Crippen LogP contribution in [0.25, 0.3) is 0 Å². The molecule has 2 atom stereocenters. The Bertz CT molecular complexity index is 176. The largest absolute Gasteiger partial charge is 0.383 e. The molecule has 0 aromatic rings. The third-order valence-corrected chi connectivity index (χ3v) is 1.90. The molecule has 10 heavy (non-hydrogen) atoms. The van der Waals surface area contributed by atoms with E-state index in [-0.39, 0.29) is 10.1 Å². The summed E-state index contributed by atoms with van der Waals surface area (Å²) in [6.07, 6.45) is 0.874. The van der Waals surface area contributed by atoms with Crippen LogP contribution in [0.3, 0.4) is 0 Å². The van der Waals surface area contributed by atoms with Crippen LogP contribution in [0.2, 0.25) is 0 Å². The molecule has 2 N–H and O–H groups in total. The van der Waals surface area contributed by atoms with E-state index in [2.05, 4.69) is 0 Å². The Morgan fingerprint density at radius 1 is 1.00 bits per heavy atom. The first kappa shape index (κ1) is 8.08. The maximum Gasteiger partial charge on any atom is 0.109 e. The molecule has 0 fully saturated rings. The van der Waals surface area contributed by atoms with Crippen molar-refractivity contribution >= 4 is 23.2 Å². The molecule has 0 aromatic heterocycles. The fourth-order valence-corrected chi connectivity index (χ4v) is 1.02. The van der Waals surface area contributed by atoms with E-state index in [9.17, 15) is 0 Å². The van der Waals surface area contributed by atoms with E-state index in [0.717, 1.165) is 0 Å². The molecule has 1 aliphatic rings. The van der Waals surface area contributed by atoms with Gasteiger partial charge in [-0.15, -0.1) is 0 Å². The normalized spacial score (nSPS) is 33.2. The van der Waals surface area contributed by atoms with Crippen LogP contribution in [0.5, 0.6) is 0 Å². The Balaban J connectivity index is 2.81. The van der Waals surface area contributed by atoms with Gasteiger partial charge in [-0.1, -0.05) is 23.2 Å². The number of aliphatic hydroxyl groups is 2. The molecule has 0 aromatic carbocycles. The molecule has 0 spiro atoms. The molecule has 0 bridgehead atoms. The minimum atomic E-state index is -0.863. The van der Waals surface area contributed by atoms with Crippen molar-refractivity contribution in [1.29, 1.82) is 0 Å². The van der Waals surface area contributed by atoms with Crippen molar-refractivity contribution in [3.63, 3.8) is 0 Å². The Labute approximate surface area is 68.4 Å². The lowest BCUT2D eigenvalue weighted by molar-refractivity contribution is 0.233. The average Bonchev–Trinajstić information content (AvgIpc) is 1.84. The summed E-state index contributed by atoms with van der Waals surface area (Å²) in [4.78, 5) is 0. The molecule has 0 saturated carbocycles. The second-order valence-corrected chi connectivity index (χ2v) is 2.87. The molecule has 56 valence electrons. The number of aliphatic hydroxyl groups excluding tert-OH is 2. The summed E-state index contributed by atoms with van der Waals surface area (Å²) >= 11 is 11.0. The van der Waals surface area contributed by atoms with Gasteiger partial charge in [0, 0.05) is 10.1 Å². The van der Waals surface area contributed by atoms with Crippen molar-refractivity contribution in [1.82, 2.24) is 0 Å². The molecular formula is C6H6Cl2O2. The summed E-state index contributed by atoms with van der Waals surface area (Å²) in [6, 6.07) is 0. The fraction of sp³-hybridized carbons (Fsp3) is 0.333. The van der Waals surface area contributed by atoms with Gasteiger partial charge >= 0.3 is 0 Å². The molecule has 0 radical (unpaired) electrons.